The van der Waals surface area contributed by atoms with Crippen LogP contribution in [0.5, 0.6) is 0 Å². The Morgan fingerprint density at radius 2 is 2.04 bits per heavy atom. The number of amides is 1. The molecule has 0 atom stereocenters. The number of hydrogen-bond donors (Lipinski definition) is 3. The van der Waals surface area contributed by atoms with E-state index in [0.29, 0.717) is 11.5 Å². The van der Waals surface area contributed by atoms with E-state index in [-0.39, 0.29) is 24.5 Å². The maximum absolute atomic E-state index is 12.4. The number of carboxylic acid groups (broad SMARTS) is 1. The van der Waals surface area contributed by atoms with Gasteiger partial charge in [0.15, 0.2) is 0 Å². The number of carbonyl (C=O) groups is 2. The Bertz CT molecular complexity index is 790. The summed E-state index contributed by atoms with van der Waals surface area (Å²) in [5.41, 5.74) is 1.68. The number of aromatic amines is 1. The second-order valence-corrected chi connectivity index (χ2v) is 7.34. The van der Waals surface area contributed by atoms with Crippen molar-refractivity contribution in [2.45, 2.75) is 37.8 Å². The molecule has 25 heavy (non-hydrogen) atoms. The van der Waals surface area contributed by atoms with Crippen molar-refractivity contribution in [2.75, 3.05) is 13.1 Å². The molecule has 2 fully saturated rings. The monoisotopic (exact) mass is 341 g/mol. The first-order valence-corrected chi connectivity index (χ1v) is 8.92. The van der Waals surface area contributed by atoms with Gasteiger partial charge in [-0.25, -0.2) is 0 Å². The van der Waals surface area contributed by atoms with E-state index in [0.717, 1.165) is 30.3 Å². The first-order chi connectivity index (χ1) is 12.1. The lowest BCUT2D eigenvalue weighted by atomic mass is 9.85. The van der Waals surface area contributed by atoms with Crippen LogP contribution in [0.1, 0.15) is 36.0 Å². The van der Waals surface area contributed by atoms with E-state index in [2.05, 4.69) is 15.2 Å². The number of carbonyl (C=O) groups excluding carboxylic acids is 1. The van der Waals surface area contributed by atoms with Crippen LogP contribution in [0.2, 0.25) is 0 Å². The molecule has 4 rings (SSSR count). The van der Waals surface area contributed by atoms with E-state index in [9.17, 15) is 9.59 Å². The number of aromatic nitrogens is 1. The quantitative estimate of drug-likeness (QED) is 0.721. The Morgan fingerprint density at radius 3 is 2.76 bits per heavy atom. The lowest BCUT2D eigenvalue weighted by Crippen LogP contribution is -2.55. The van der Waals surface area contributed by atoms with E-state index < -0.39 is 5.97 Å². The summed E-state index contributed by atoms with van der Waals surface area (Å²) in [4.78, 5) is 28.7. The lowest BCUT2D eigenvalue weighted by molar-refractivity contribution is -0.139. The molecule has 0 aliphatic heterocycles. The van der Waals surface area contributed by atoms with Gasteiger partial charge in [0, 0.05) is 41.3 Å². The molecule has 3 N–H and O–H groups in total. The summed E-state index contributed by atoms with van der Waals surface area (Å²) >= 11 is 0. The number of nitrogens with zero attached hydrogens (tertiary/aromatic N) is 1. The van der Waals surface area contributed by atoms with E-state index in [1.807, 2.05) is 30.5 Å². The zero-order chi connectivity index (χ0) is 17.4. The molecular weight excluding hydrogens is 318 g/mol. The molecule has 2 aromatic rings. The highest BCUT2D eigenvalue weighted by Crippen LogP contribution is 2.33. The molecular formula is C19H23N3O3. The van der Waals surface area contributed by atoms with Gasteiger partial charge in [-0.1, -0.05) is 0 Å². The molecule has 1 heterocycles. The van der Waals surface area contributed by atoms with Gasteiger partial charge in [0.1, 0.15) is 0 Å². The molecule has 0 bridgehead atoms. The van der Waals surface area contributed by atoms with Gasteiger partial charge in [-0.3, -0.25) is 14.5 Å². The summed E-state index contributed by atoms with van der Waals surface area (Å²) in [5, 5.41) is 13.2. The molecule has 0 saturated heterocycles. The molecule has 6 nitrogen and oxygen atoms in total. The Morgan fingerprint density at radius 1 is 1.24 bits per heavy atom. The smallest absolute Gasteiger partial charge is 0.317 e. The minimum absolute atomic E-state index is 0.0569. The van der Waals surface area contributed by atoms with Crippen molar-refractivity contribution in [2.24, 2.45) is 5.92 Å². The van der Waals surface area contributed by atoms with Crippen molar-refractivity contribution in [3.63, 3.8) is 0 Å². The SMILES string of the molecule is O=C(O)CN(CC1CC1)C1CC(NC(=O)c2ccc3[nH]ccc3c2)C1. The molecule has 0 spiro atoms. The van der Waals surface area contributed by atoms with Crippen molar-refractivity contribution in [1.29, 1.82) is 0 Å². The largest absolute Gasteiger partial charge is 0.480 e. The molecule has 1 aromatic heterocycles. The van der Waals surface area contributed by atoms with Crippen LogP contribution in [-0.2, 0) is 4.79 Å². The van der Waals surface area contributed by atoms with Crippen LogP contribution in [0.3, 0.4) is 0 Å². The summed E-state index contributed by atoms with van der Waals surface area (Å²) in [6.07, 6.45) is 5.95. The number of carboxylic acids is 1. The van der Waals surface area contributed by atoms with Crippen molar-refractivity contribution in [3.05, 3.63) is 36.0 Å². The van der Waals surface area contributed by atoms with Crippen molar-refractivity contribution in [1.82, 2.24) is 15.2 Å². The van der Waals surface area contributed by atoms with Crippen molar-refractivity contribution >= 4 is 22.8 Å². The normalized spacial score (nSPS) is 22.8. The van der Waals surface area contributed by atoms with Gasteiger partial charge in [-0.2, -0.15) is 0 Å². The molecule has 0 unspecified atom stereocenters. The van der Waals surface area contributed by atoms with Gasteiger partial charge in [-0.05, 0) is 55.9 Å². The Labute approximate surface area is 146 Å². The Hall–Kier alpha value is -2.34. The minimum atomic E-state index is -0.770. The molecule has 0 radical (unpaired) electrons. The van der Waals surface area contributed by atoms with Gasteiger partial charge in [0.25, 0.3) is 5.91 Å². The average molecular weight is 341 g/mol. The fourth-order valence-electron chi connectivity index (χ4n) is 3.62. The number of hydrogen-bond acceptors (Lipinski definition) is 3. The molecule has 2 saturated carbocycles. The fourth-order valence-corrected chi connectivity index (χ4v) is 3.62. The standard InChI is InChI=1S/C19H23N3O3/c23-18(24)11-22(10-12-1-2-12)16-8-15(9-16)21-19(25)14-3-4-17-13(7-14)5-6-20-17/h3-7,12,15-16,20H,1-2,8-11H2,(H,21,25)(H,23,24). The van der Waals surface area contributed by atoms with Gasteiger partial charge in [0.2, 0.25) is 0 Å². The molecule has 132 valence electrons. The summed E-state index contributed by atoms with van der Waals surface area (Å²) in [6.45, 7) is 0.980. The van der Waals surface area contributed by atoms with Crippen LogP contribution in [0.4, 0.5) is 0 Å². The topological polar surface area (TPSA) is 85.4 Å². The highest BCUT2D eigenvalue weighted by atomic mass is 16.4. The number of aliphatic carboxylic acids is 1. The highest BCUT2D eigenvalue weighted by molar-refractivity contribution is 5.98. The van der Waals surface area contributed by atoms with Crippen LogP contribution in [0.15, 0.2) is 30.5 Å². The van der Waals surface area contributed by atoms with Crippen LogP contribution >= 0.6 is 0 Å². The number of fused-ring (bicyclic) bond motifs is 1. The predicted octanol–water partition coefficient (Wildman–Crippen LogP) is 2.23. The average Bonchev–Trinajstić information content (AvgIpc) is 3.22. The summed E-state index contributed by atoms with van der Waals surface area (Å²) < 4.78 is 0. The molecule has 2 aliphatic carbocycles. The van der Waals surface area contributed by atoms with Gasteiger partial charge in [0.05, 0.1) is 6.54 Å². The third kappa shape index (κ3) is 3.69. The third-order valence-corrected chi connectivity index (χ3v) is 5.31. The second-order valence-electron chi connectivity index (χ2n) is 7.34. The van der Waals surface area contributed by atoms with Crippen LogP contribution in [-0.4, -0.2) is 52.0 Å². The minimum Gasteiger partial charge on any atom is -0.480 e. The van der Waals surface area contributed by atoms with Crippen LogP contribution in [0.25, 0.3) is 10.9 Å². The molecule has 6 heteroatoms. The van der Waals surface area contributed by atoms with E-state index in [1.165, 1.54) is 12.8 Å². The number of nitrogens with one attached hydrogen (secondary N) is 2. The molecule has 1 aromatic carbocycles. The van der Waals surface area contributed by atoms with Crippen LogP contribution in [0, 0.1) is 5.92 Å². The van der Waals surface area contributed by atoms with Gasteiger partial charge >= 0.3 is 5.97 Å². The maximum Gasteiger partial charge on any atom is 0.317 e. The van der Waals surface area contributed by atoms with Crippen molar-refractivity contribution < 1.29 is 14.7 Å². The molecule has 2 aliphatic rings. The van der Waals surface area contributed by atoms with Crippen LogP contribution < -0.4 is 5.32 Å². The number of rotatable bonds is 7. The van der Waals surface area contributed by atoms with Gasteiger partial charge in [-0.15, -0.1) is 0 Å². The van der Waals surface area contributed by atoms with E-state index in [1.54, 1.807) is 0 Å². The predicted molar refractivity (Wildman–Crippen MR) is 94.5 cm³/mol. The molecule has 1 amide bonds. The first-order valence-electron chi connectivity index (χ1n) is 8.92. The second kappa shape index (κ2) is 6.52. The summed E-state index contributed by atoms with van der Waals surface area (Å²) in [5.74, 6) is -0.160. The van der Waals surface area contributed by atoms with Crippen molar-refractivity contribution in [3.8, 4) is 0 Å². The zero-order valence-electron chi connectivity index (χ0n) is 14.1. The van der Waals surface area contributed by atoms with E-state index in [4.69, 9.17) is 5.11 Å². The Balaban J connectivity index is 1.32. The number of benzene rings is 1. The highest BCUT2D eigenvalue weighted by Gasteiger charge is 2.37. The maximum atomic E-state index is 12.4. The summed E-state index contributed by atoms with van der Waals surface area (Å²) in [6, 6.07) is 7.99. The van der Waals surface area contributed by atoms with E-state index >= 15 is 0 Å². The first kappa shape index (κ1) is 16.1. The number of H-pyrrole nitrogens is 1. The Kier molecular flexibility index (Phi) is 4.21. The lowest BCUT2D eigenvalue weighted by Gasteiger charge is -2.42. The van der Waals surface area contributed by atoms with Gasteiger partial charge < -0.3 is 15.4 Å². The third-order valence-electron chi connectivity index (χ3n) is 5.31. The fraction of sp³-hybridized carbons (Fsp3) is 0.474. The zero-order valence-corrected chi connectivity index (χ0v) is 14.1. The summed E-state index contributed by atoms with van der Waals surface area (Å²) in [7, 11) is 0.